The van der Waals surface area contributed by atoms with Gasteiger partial charge in [0.1, 0.15) is 12.4 Å². The Labute approximate surface area is 120 Å². The molecule has 0 aromatic heterocycles. The summed E-state index contributed by atoms with van der Waals surface area (Å²) in [7, 11) is 1.96. The first kappa shape index (κ1) is 13.2. The van der Waals surface area contributed by atoms with Crippen LogP contribution in [0.4, 0.5) is 0 Å². The van der Waals surface area contributed by atoms with Crippen molar-refractivity contribution in [2.24, 2.45) is 0 Å². The van der Waals surface area contributed by atoms with Crippen LogP contribution in [0.25, 0.3) is 0 Å². The smallest absolute Gasteiger partial charge is 0.120 e. The second kappa shape index (κ2) is 6.10. The molecule has 0 aliphatic heterocycles. The van der Waals surface area contributed by atoms with Crippen molar-refractivity contribution in [3.8, 4) is 5.75 Å². The standard InChI is InChI=1S/C18H21NO/c1-19-12-14-4-2-7-18(11-14)20-13-15-8-9-16-5-3-6-17(16)10-15/h2,4,7-11,19H,3,5-6,12-13H2,1H3. The van der Waals surface area contributed by atoms with E-state index in [-0.39, 0.29) is 0 Å². The van der Waals surface area contributed by atoms with Crippen LogP contribution in [0.2, 0.25) is 0 Å². The second-order valence-corrected chi connectivity index (χ2v) is 5.42. The number of nitrogens with one attached hydrogen (secondary N) is 1. The van der Waals surface area contributed by atoms with E-state index in [1.54, 1.807) is 0 Å². The molecular formula is C18H21NO. The topological polar surface area (TPSA) is 21.3 Å². The zero-order chi connectivity index (χ0) is 13.8. The lowest BCUT2D eigenvalue weighted by molar-refractivity contribution is 0.306. The van der Waals surface area contributed by atoms with Crippen LogP contribution in [-0.2, 0) is 26.0 Å². The number of fused-ring (bicyclic) bond motifs is 1. The van der Waals surface area contributed by atoms with Gasteiger partial charge in [-0.2, -0.15) is 0 Å². The van der Waals surface area contributed by atoms with E-state index in [1.165, 1.54) is 41.5 Å². The normalized spacial score (nSPS) is 13.2. The third-order valence-electron chi connectivity index (χ3n) is 3.85. The molecule has 1 aliphatic rings. The van der Waals surface area contributed by atoms with Crippen molar-refractivity contribution in [1.82, 2.24) is 5.32 Å². The fraction of sp³-hybridized carbons (Fsp3) is 0.333. The van der Waals surface area contributed by atoms with Gasteiger partial charge >= 0.3 is 0 Å². The molecule has 2 aromatic rings. The number of ether oxygens (including phenoxy) is 1. The van der Waals surface area contributed by atoms with Gasteiger partial charge in [-0.3, -0.25) is 0 Å². The van der Waals surface area contributed by atoms with Crippen molar-refractivity contribution in [1.29, 1.82) is 0 Å². The molecule has 0 amide bonds. The van der Waals surface area contributed by atoms with Crippen LogP contribution < -0.4 is 10.1 Å². The molecule has 0 spiro atoms. The molecule has 2 heteroatoms. The first-order chi connectivity index (χ1) is 9.85. The highest BCUT2D eigenvalue weighted by Crippen LogP contribution is 2.23. The number of aryl methyl sites for hydroxylation is 2. The molecule has 104 valence electrons. The molecule has 0 heterocycles. The van der Waals surface area contributed by atoms with Crippen LogP contribution in [0.15, 0.2) is 42.5 Å². The minimum absolute atomic E-state index is 0.649. The minimum atomic E-state index is 0.649. The molecule has 1 N–H and O–H groups in total. The van der Waals surface area contributed by atoms with Crippen molar-refractivity contribution in [2.75, 3.05) is 7.05 Å². The molecule has 20 heavy (non-hydrogen) atoms. The number of hydrogen-bond acceptors (Lipinski definition) is 2. The van der Waals surface area contributed by atoms with Crippen LogP contribution in [0.3, 0.4) is 0 Å². The van der Waals surface area contributed by atoms with Crippen LogP contribution in [0.1, 0.15) is 28.7 Å². The summed E-state index contributed by atoms with van der Waals surface area (Å²) in [6.07, 6.45) is 3.76. The molecule has 2 nitrogen and oxygen atoms in total. The van der Waals surface area contributed by atoms with Gasteiger partial charge in [-0.15, -0.1) is 0 Å². The third-order valence-corrected chi connectivity index (χ3v) is 3.85. The molecule has 0 fully saturated rings. The maximum atomic E-state index is 5.91. The van der Waals surface area contributed by atoms with E-state index in [1.807, 2.05) is 19.2 Å². The van der Waals surface area contributed by atoms with Crippen LogP contribution in [-0.4, -0.2) is 7.05 Å². The summed E-state index contributed by atoms with van der Waals surface area (Å²) in [5.74, 6) is 0.943. The first-order valence-electron chi connectivity index (χ1n) is 7.32. The predicted molar refractivity (Wildman–Crippen MR) is 82.0 cm³/mol. The van der Waals surface area contributed by atoms with Gasteiger partial charge in [-0.1, -0.05) is 30.3 Å². The highest BCUT2D eigenvalue weighted by Gasteiger charge is 2.10. The van der Waals surface area contributed by atoms with Gasteiger partial charge < -0.3 is 10.1 Å². The summed E-state index contributed by atoms with van der Waals surface area (Å²) in [5, 5.41) is 3.16. The van der Waals surface area contributed by atoms with Crippen molar-refractivity contribution in [3.63, 3.8) is 0 Å². The van der Waals surface area contributed by atoms with Crippen LogP contribution >= 0.6 is 0 Å². The average Bonchev–Trinajstić information content (AvgIpc) is 2.93. The largest absolute Gasteiger partial charge is 0.489 e. The first-order valence-corrected chi connectivity index (χ1v) is 7.32. The lowest BCUT2D eigenvalue weighted by Crippen LogP contribution is -2.05. The van der Waals surface area contributed by atoms with E-state index >= 15 is 0 Å². The Hall–Kier alpha value is -1.80. The second-order valence-electron chi connectivity index (χ2n) is 5.42. The highest BCUT2D eigenvalue weighted by molar-refractivity contribution is 5.35. The lowest BCUT2D eigenvalue weighted by atomic mass is 10.1. The molecule has 0 saturated heterocycles. The quantitative estimate of drug-likeness (QED) is 0.895. The summed E-state index contributed by atoms with van der Waals surface area (Å²) in [6.45, 7) is 1.52. The summed E-state index contributed by atoms with van der Waals surface area (Å²) in [5.41, 5.74) is 5.54. The zero-order valence-corrected chi connectivity index (χ0v) is 12.0. The van der Waals surface area contributed by atoms with Gasteiger partial charge in [0, 0.05) is 6.54 Å². The Morgan fingerprint density at radius 2 is 1.90 bits per heavy atom. The Morgan fingerprint density at radius 3 is 2.80 bits per heavy atom. The van der Waals surface area contributed by atoms with Crippen molar-refractivity contribution in [2.45, 2.75) is 32.4 Å². The third kappa shape index (κ3) is 3.02. The van der Waals surface area contributed by atoms with E-state index in [0.29, 0.717) is 6.61 Å². The average molecular weight is 267 g/mol. The van der Waals surface area contributed by atoms with Gasteiger partial charge in [0.2, 0.25) is 0 Å². The molecular weight excluding hydrogens is 246 g/mol. The molecule has 0 radical (unpaired) electrons. The molecule has 3 rings (SSSR count). The van der Waals surface area contributed by atoms with Crippen molar-refractivity contribution < 1.29 is 4.74 Å². The van der Waals surface area contributed by atoms with Gasteiger partial charge in [0.25, 0.3) is 0 Å². The molecule has 0 atom stereocenters. The Kier molecular flexibility index (Phi) is 4.03. The molecule has 0 saturated carbocycles. The molecule has 1 aliphatic carbocycles. The Balaban J connectivity index is 1.65. The van der Waals surface area contributed by atoms with Crippen molar-refractivity contribution in [3.05, 3.63) is 64.7 Å². The zero-order valence-electron chi connectivity index (χ0n) is 12.0. The fourth-order valence-electron chi connectivity index (χ4n) is 2.83. The summed E-state index contributed by atoms with van der Waals surface area (Å²) >= 11 is 0. The number of hydrogen-bond donors (Lipinski definition) is 1. The highest BCUT2D eigenvalue weighted by atomic mass is 16.5. The maximum Gasteiger partial charge on any atom is 0.120 e. The predicted octanol–water partition coefficient (Wildman–Crippen LogP) is 3.47. The Morgan fingerprint density at radius 1 is 1.00 bits per heavy atom. The van der Waals surface area contributed by atoms with E-state index < -0.39 is 0 Å². The maximum absolute atomic E-state index is 5.91. The van der Waals surface area contributed by atoms with Crippen LogP contribution in [0.5, 0.6) is 5.75 Å². The lowest BCUT2D eigenvalue weighted by Gasteiger charge is -2.09. The van der Waals surface area contributed by atoms with Gasteiger partial charge in [-0.25, -0.2) is 0 Å². The number of benzene rings is 2. The van der Waals surface area contributed by atoms with E-state index in [0.717, 1.165) is 12.3 Å². The summed E-state index contributed by atoms with van der Waals surface area (Å²) in [4.78, 5) is 0. The number of rotatable bonds is 5. The molecule has 0 bridgehead atoms. The van der Waals surface area contributed by atoms with Crippen LogP contribution in [0, 0.1) is 0 Å². The van der Waals surface area contributed by atoms with E-state index in [4.69, 9.17) is 4.74 Å². The van der Waals surface area contributed by atoms with Crippen molar-refractivity contribution >= 4 is 0 Å². The van der Waals surface area contributed by atoms with E-state index in [9.17, 15) is 0 Å². The van der Waals surface area contributed by atoms with Gasteiger partial charge in [-0.05, 0) is 60.7 Å². The van der Waals surface area contributed by atoms with Gasteiger partial charge in [0.05, 0.1) is 0 Å². The van der Waals surface area contributed by atoms with E-state index in [2.05, 4.69) is 35.6 Å². The minimum Gasteiger partial charge on any atom is -0.489 e. The molecule has 2 aromatic carbocycles. The Bertz CT molecular complexity index is 592. The summed E-state index contributed by atoms with van der Waals surface area (Å²) in [6, 6.07) is 15.0. The SMILES string of the molecule is CNCc1cccc(OCc2ccc3c(c2)CCC3)c1. The monoisotopic (exact) mass is 267 g/mol. The van der Waals surface area contributed by atoms with Gasteiger partial charge in [0.15, 0.2) is 0 Å². The summed E-state index contributed by atoms with van der Waals surface area (Å²) < 4.78 is 5.91. The fourth-order valence-corrected chi connectivity index (χ4v) is 2.83. The molecule has 0 unspecified atom stereocenters.